The highest BCUT2D eigenvalue weighted by Crippen LogP contribution is 2.31. The van der Waals surface area contributed by atoms with Crippen LogP contribution < -0.4 is 10.5 Å². The van der Waals surface area contributed by atoms with Crippen molar-refractivity contribution in [2.45, 2.75) is 33.3 Å². The summed E-state index contributed by atoms with van der Waals surface area (Å²) in [4.78, 5) is 4.54. The van der Waals surface area contributed by atoms with Crippen LogP contribution in [0.1, 0.15) is 25.8 Å². The third kappa shape index (κ3) is 2.82. The van der Waals surface area contributed by atoms with Crippen LogP contribution in [0.4, 0.5) is 5.00 Å². The van der Waals surface area contributed by atoms with Crippen molar-refractivity contribution in [1.29, 1.82) is 0 Å². The molecule has 96 valence electrons. The van der Waals surface area contributed by atoms with Gasteiger partial charge in [0.1, 0.15) is 16.4 Å². The van der Waals surface area contributed by atoms with Gasteiger partial charge < -0.3 is 10.5 Å². The second-order valence-electron chi connectivity index (χ2n) is 4.36. The lowest BCUT2D eigenvalue weighted by molar-refractivity contribution is 0.242. The van der Waals surface area contributed by atoms with Gasteiger partial charge in [0.05, 0.1) is 11.1 Å². The highest BCUT2D eigenvalue weighted by Gasteiger charge is 2.09. The standard InChI is InChI=1S/C14H18N2OS/c1-4-12-16-13(14(15)18-12)10-5-7-11(8-6-10)17-9(2)3/h5-9H,4,15H2,1-3H3. The topological polar surface area (TPSA) is 48.1 Å². The first kappa shape index (κ1) is 12.9. The zero-order valence-corrected chi connectivity index (χ0v) is 11.8. The summed E-state index contributed by atoms with van der Waals surface area (Å²) in [7, 11) is 0. The van der Waals surface area contributed by atoms with Crippen LogP contribution in [-0.4, -0.2) is 11.1 Å². The maximum atomic E-state index is 5.99. The van der Waals surface area contributed by atoms with Gasteiger partial charge in [0.25, 0.3) is 0 Å². The van der Waals surface area contributed by atoms with Gasteiger partial charge in [-0.25, -0.2) is 4.98 Å². The highest BCUT2D eigenvalue weighted by atomic mass is 32.1. The number of aromatic nitrogens is 1. The average Bonchev–Trinajstić information content (AvgIpc) is 2.71. The molecule has 1 heterocycles. The van der Waals surface area contributed by atoms with Crippen molar-refractivity contribution in [3.8, 4) is 17.0 Å². The molecule has 0 amide bonds. The molecular weight excluding hydrogens is 244 g/mol. The normalized spacial score (nSPS) is 10.9. The van der Waals surface area contributed by atoms with Crippen molar-refractivity contribution in [1.82, 2.24) is 4.98 Å². The van der Waals surface area contributed by atoms with Crippen LogP contribution in [0.2, 0.25) is 0 Å². The van der Waals surface area contributed by atoms with E-state index in [0.29, 0.717) is 0 Å². The molecule has 2 aromatic rings. The number of nitrogens with zero attached hydrogens (tertiary/aromatic N) is 1. The van der Waals surface area contributed by atoms with E-state index in [1.54, 1.807) is 11.3 Å². The molecule has 0 saturated heterocycles. The van der Waals surface area contributed by atoms with E-state index in [4.69, 9.17) is 10.5 Å². The van der Waals surface area contributed by atoms with Crippen LogP contribution in [-0.2, 0) is 6.42 Å². The zero-order chi connectivity index (χ0) is 13.1. The molecule has 0 atom stereocenters. The van der Waals surface area contributed by atoms with Crippen molar-refractivity contribution < 1.29 is 4.74 Å². The number of benzene rings is 1. The summed E-state index contributed by atoms with van der Waals surface area (Å²) < 4.78 is 5.61. The number of thiazole rings is 1. The second kappa shape index (κ2) is 5.40. The minimum atomic E-state index is 0.187. The van der Waals surface area contributed by atoms with Gasteiger partial charge in [0.2, 0.25) is 0 Å². The molecule has 1 aromatic carbocycles. The Morgan fingerprint density at radius 1 is 1.28 bits per heavy atom. The molecule has 18 heavy (non-hydrogen) atoms. The molecule has 2 N–H and O–H groups in total. The molecular formula is C14H18N2OS. The molecule has 3 nitrogen and oxygen atoms in total. The summed E-state index contributed by atoms with van der Waals surface area (Å²) in [5, 5.41) is 1.86. The summed E-state index contributed by atoms with van der Waals surface area (Å²) in [6.45, 7) is 6.11. The Morgan fingerprint density at radius 2 is 1.94 bits per heavy atom. The number of rotatable bonds is 4. The first-order valence-corrected chi connectivity index (χ1v) is 6.94. The Kier molecular flexibility index (Phi) is 3.87. The van der Waals surface area contributed by atoms with E-state index in [2.05, 4.69) is 11.9 Å². The lowest BCUT2D eigenvalue weighted by Crippen LogP contribution is -2.05. The second-order valence-corrected chi connectivity index (χ2v) is 5.48. The molecule has 0 aliphatic rings. The molecule has 0 bridgehead atoms. The Labute approximate surface area is 112 Å². The molecule has 0 spiro atoms. The van der Waals surface area contributed by atoms with E-state index in [0.717, 1.165) is 33.4 Å². The highest BCUT2D eigenvalue weighted by molar-refractivity contribution is 7.16. The summed E-state index contributed by atoms with van der Waals surface area (Å²) in [6.07, 6.45) is 1.11. The maximum Gasteiger partial charge on any atom is 0.119 e. The number of hydrogen-bond donors (Lipinski definition) is 1. The van der Waals surface area contributed by atoms with Crippen molar-refractivity contribution in [3.63, 3.8) is 0 Å². The van der Waals surface area contributed by atoms with E-state index < -0.39 is 0 Å². The van der Waals surface area contributed by atoms with Gasteiger partial charge in [0, 0.05) is 5.56 Å². The van der Waals surface area contributed by atoms with Crippen molar-refractivity contribution >= 4 is 16.3 Å². The third-order valence-electron chi connectivity index (χ3n) is 2.50. The molecule has 0 unspecified atom stereocenters. The zero-order valence-electron chi connectivity index (χ0n) is 10.9. The van der Waals surface area contributed by atoms with Gasteiger partial charge in [-0.2, -0.15) is 0 Å². The lowest BCUT2D eigenvalue weighted by atomic mass is 10.1. The Morgan fingerprint density at radius 3 is 2.44 bits per heavy atom. The van der Waals surface area contributed by atoms with E-state index in [1.807, 2.05) is 38.1 Å². The summed E-state index contributed by atoms with van der Waals surface area (Å²) in [5.74, 6) is 0.873. The van der Waals surface area contributed by atoms with E-state index in [9.17, 15) is 0 Å². The van der Waals surface area contributed by atoms with Crippen LogP contribution >= 0.6 is 11.3 Å². The molecule has 0 radical (unpaired) electrons. The quantitative estimate of drug-likeness (QED) is 0.913. The van der Waals surface area contributed by atoms with Crippen LogP contribution in [0, 0.1) is 0 Å². The van der Waals surface area contributed by atoms with Crippen LogP contribution in [0.5, 0.6) is 5.75 Å². The first-order valence-electron chi connectivity index (χ1n) is 6.12. The van der Waals surface area contributed by atoms with Gasteiger partial charge in [-0.05, 0) is 44.5 Å². The van der Waals surface area contributed by atoms with Crippen LogP contribution in [0.3, 0.4) is 0 Å². The maximum absolute atomic E-state index is 5.99. The molecule has 2 rings (SSSR count). The average molecular weight is 262 g/mol. The minimum absolute atomic E-state index is 0.187. The fourth-order valence-electron chi connectivity index (χ4n) is 1.70. The van der Waals surface area contributed by atoms with Crippen LogP contribution in [0.15, 0.2) is 24.3 Å². The van der Waals surface area contributed by atoms with Crippen molar-refractivity contribution in [2.24, 2.45) is 0 Å². The Balaban J connectivity index is 2.25. The summed E-state index contributed by atoms with van der Waals surface area (Å²) in [5.41, 5.74) is 7.92. The van der Waals surface area contributed by atoms with Crippen LogP contribution in [0.25, 0.3) is 11.3 Å². The van der Waals surface area contributed by atoms with Gasteiger partial charge >= 0.3 is 0 Å². The number of nitrogen functional groups attached to an aromatic ring is 1. The predicted molar refractivity (Wildman–Crippen MR) is 77.1 cm³/mol. The first-order chi connectivity index (χ1) is 8.60. The monoisotopic (exact) mass is 262 g/mol. The van der Waals surface area contributed by atoms with Crippen molar-refractivity contribution in [2.75, 3.05) is 5.73 Å². The Bertz CT molecular complexity index is 517. The smallest absolute Gasteiger partial charge is 0.119 e. The number of hydrogen-bond acceptors (Lipinski definition) is 4. The predicted octanol–water partition coefficient (Wildman–Crippen LogP) is 3.74. The van der Waals surface area contributed by atoms with E-state index >= 15 is 0 Å². The van der Waals surface area contributed by atoms with Gasteiger partial charge in [-0.1, -0.05) is 6.92 Å². The third-order valence-corrected chi connectivity index (χ3v) is 3.53. The Hall–Kier alpha value is -1.55. The van der Waals surface area contributed by atoms with Gasteiger partial charge in [-0.3, -0.25) is 0 Å². The molecule has 0 aliphatic carbocycles. The SMILES string of the molecule is CCc1nc(-c2ccc(OC(C)C)cc2)c(N)s1. The summed E-state index contributed by atoms with van der Waals surface area (Å²) >= 11 is 1.56. The molecule has 4 heteroatoms. The van der Waals surface area contributed by atoms with E-state index in [-0.39, 0.29) is 6.10 Å². The lowest BCUT2D eigenvalue weighted by Gasteiger charge is -2.09. The molecule has 0 aliphatic heterocycles. The fourth-order valence-corrected chi connectivity index (χ4v) is 2.49. The minimum Gasteiger partial charge on any atom is -0.491 e. The fraction of sp³-hybridized carbons (Fsp3) is 0.357. The summed E-state index contributed by atoms with van der Waals surface area (Å²) in [6, 6.07) is 7.92. The van der Waals surface area contributed by atoms with E-state index in [1.165, 1.54) is 0 Å². The van der Waals surface area contributed by atoms with Crippen molar-refractivity contribution in [3.05, 3.63) is 29.3 Å². The molecule has 1 aromatic heterocycles. The number of ether oxygens (including phenoxy) is 1. The van der Waals surface area contributed by atoms with Gasteiger partial charge in [0.15, 0.2) is 0 Å². The number of aryl methyl sites for hydroxylation is 1. The molecule has 0 saturated carbocycles. The number of anilines is 1. The number of nitrogens with two attached hydrogens (primary N) is 1. The largest absolute Gasteiger partial charge is 0.491 e. The molecule has 0 fully saturated rings. The van der Waals surface area contributed by atoms with Gasteiger partial charge in [-0.15, -0.1) is 11.3 Å².